The molecule has 0 aliphatic rings. The van der Waals surface area contributed by atoms with E-state index in [-0.39, 0.29) is 0 Å². The number of methoxy groups -OCH3 is 2. The summed E-state index contributed by atoms with van der Waals surface area (Å²) in [6, 6.07) is 15.3. The van der Waals surface area contributed by atoms with Crippen LogP contribution in [-0.2, 0) is 0 Å². The fourth-order valence-corrected chi connectivity index (χ4v) is 2.40. The van der Waals surface area contributed by atoms with Crippen LogP contribution in [0, 0.1) is 4.77 Å². The molecule has 0 saturated carbocycles. The topological polar surface area (TPSA) is 60.0 Å². The smallest absolute Gasteiger partial charge is 0.218 e. The van der Waals surface area contributed by atoms with Crippen LogP contribution in [0.15, 0.2) is 48.5 Å². The number of benzene rings is 2. The molecule has 0 atom stereocenters. The van der Waals surface area contributed by atoms with Gasteiger partial charge in [0.05, 0.1) is 19.9 Å². The van der Waals surface area contributed by atoms with Gasteiger partial charge in [-0.1, -0.05) is 0 Å². The highest BCUT2D eigenvalue weighted by atomic mass is 32.1. The Balaban J connectivity index is 2.11. The van der Waals surface area contributed by atoms with Crippen LogP contribution in [0.25, 0.3) is 22.5 Å². The predicted molar refractivity (Wildman–Crippen MR) is 91.2 cm³/mol. The molecule has 1 N–H and O–H groups in total. The van der Waals surface area contributed by atoms with Crippen molar-refractivity contribution >= 4 is 12.2 Å². The lowest BCUT2D eigenvalue weighted by Gasteiger charge is -2.09. The Morgan fingerprint density at radius 2 is 1.30 bits per heavy atom. The van der Waals surface area contributed by atoms with Crippen molar-refractivity contribution in [1.82, 2.24) is 15.2 Å². The van der Waals surface area contributed by atoms with E-state index >= 15 is 0 Å². The molecule has 1 heterocycles. The van der Waals surface area contributed by atoms with Crippen molar-refractivity contribution in [1.29, 1.82) is 0 Å². The third-order valence-electron chi connectivity index (χ3n) is 3.45. The van der Waals surface area contributed by atoms with E-state index in [2.05, 4.69) is 15.2 Å². The van der Waals surface area contributed by atoms with Gasteiger partial charge in [-0.25, -0.2) is 0 Å². The third kappa shape index (κ3) is 3.22. The SMILES string of the molecule is COc1ccc(-c2nnc(=S)[nH]c2-c2ccc(OC)cc2)cc1. The molecule has 0 amide bonds. The normalized spacial score (nSPS) is 10.3. The molecule has 0 saturated heterocycles. The first-order valence-corrected chi connectivity index (χ1v) is 7.38. The van der Waals surface area contributed by atoms with Crippen LogP contribution in [0.5, 0.6) is 11.5 Å². The summed E-state index contributed by atoms with van der Waals surface area (Å²) in [5.41, 5.74) is 3.43. The van der Waals surface area contributed by atoms with Crippen LogP contribution < -0.4 is 9.47 Å². The summed E-state index contributed by atoms with van der Waals surface area (Å²) >= 11 is 5.12. The third-order valence-corrected chi connectivity index (χ3v) is 3.64. The molecule has 0 spiro atoms. The van der Waals surface area contributed by atoms with Crippen molar-refractivity contribution in [2.45, 2.75) is 0 Å². The van der Waals surface area contributed by atoms with E-state index in [0.29, 0.717) is 4.77 Å². The highest BCUT2D eigenvalue weighted by molar-refractivity contribution is 7.71. The van der Waals surface area contributed by atoms with Crippen LogP contribution >= 0.6 is 12.2 Å². The molecule has 0 bridgehead atoms. The largest absolute Gasteiger partial charge is 0.497 e. The fraction of sp³-hybridized carbons (Fsp3) is 0.118. The molecule has 1 aromatic heterocycles. The second-order valence-electron chi connectivity index (χ2n) is 4.81. The minimum atomic E-state index is 0.341. The zero-order valence-electron chi connectivity index (χ0n) is 12.7. The molecule has 116 valence electrons. The lowest BCUT2D eigenvalue weighted by molar-refractivity contribution is 0.414. The van der Waals surface area contributed by atoms with Crippen molar-refractivity contribution in [2.24, 2.45) is 0 Å². The highest BCUT2D eigenvalue weighted by Gasteiger charge is 2.11. The second-order valence-corrected chi connectivity index (χ2v) is 5.20. The molecule has 0 aliphatic heterocycles. The number of H-pyrrole nitrogens is 1. The molecule has 5 nitrogen and oxygen atoms in total. The van der Waals surface area contributed by atoms with Crippen LogP contribution in [0.1, 0.15) is 0 Å². The molecule has 0 unspecified atom stereocenters. The van der Waals surface area contributed by atoms with E-state index in [1.165, 1.54) is 0 Å². The van der Waals surface area contributed by atoms with E-state index in [1.807, 2.05) is 48.5 Å². The van der Waals surface area contributed by atoms with Crippen molar-refractivity contribution in [3.63, 3.8) is 0 Å². The quantitative estimate of drug-likeness (QED) is 0.738. The van der Waals surface area contributed by atoms with Gasteiger partial charge in [-0.2, -0.15) is 0 Å². The number of hydrogen-bond donors (Lipinski definition) is 1. The summed E-state index contributed by atoms with van der Waals surface area (Å²) in [4.78, 5) is 3.13. The Morgan fingerprint density at radius 3 is 1.83 bits per heavy atom. The number of hydrogen-bond acceptors (Lipinski definition) is 5. The Morgan fingerprint density at radius 1 is 0.783 bits per heavy atom. The summed E-state index contributed by atoms with van der Waals surface area (Å²) in [6.45, 7) is 0. The van der Waals surface area contributed by atoms with E-state index in [1.54, 1.807) is 14.2 Å². The van der Waals surface area contributed by atoms with E-state index in [0.717, 1.165) is 34.0 Å². The first-order valence-electron chi connectivity index (χ1n) is 6.97. The molecular weight excluding hydrogens is 310 g/mol. The minimum Gasteiger partial charge on any atom is -0.497 e. The van der Waals surface area contributed by atoms with Crippen molar-refractivity contribution < 1.29 is 9.47 Å². The summed E-state index contributed by atoms with van der Waals surface area (Å²) < 4.78 is 10.7. The maximum absolute atomic E-state index is 5.20. The molecule has 23 heavy (non-hydrogen) atoms. The van der Waals surface area contributed by atoms with Gasteiger partial charge in [-0.05, 0) is 60.7 Å². The zero-order chi connectivity index (χ0) is 16.2. The lowest BCUT2D eigenvalue weighted by atomic mass is 10.0. The second kappa shape index (κ2) is 6.58. The monoisotopic (exact) mass is 325 g/mol. The number of ether oxygens (including phenoxy) is 2. The molecule has 0 aliphatic carbocycles. The van der Waals surface area contributed by atoms with Crippen LogP contribution in [0.4, 0.5) is 0 Å². The average Bonchev–Trinajstić information content (AvgIpc) is 2.62. The molecule has 0 radical (unpaired) electrons. The Bertz CT molecular complexity index is 858. The summed E-state index contributed by atoms with van der Waals surface area (Å²) in [6.07, 6.45) is 0. The van der Waals surface area contributed by atoms with Gasteiger partial charge in [-0.3, -0.25) is 0 Å². The summed E-state index contributed by atoms with van der Waals surface area (Å²) in [7, 11) is 3.27. The van der Waals surface area contributed by atoms with Gasteiger partial charge in [0.15, 0.2) is 0 Å². The number of aromatic amines is 1. The summed E-state index contributed by atoms with van der Waals surface area (Å²) in [5.74, 6) is 1.58. The van der Waals surface area contributed by atoms with Crippen molar-refractivity contribution in [3.8, 4) is 34.0 Å². The van der Waals surface area contributed by atoms with Gasteiger partial charge in [0.2, 0.25) is 4.77 Å². The first-order chi connectivity index (χ1) is 11.2. The van der Waals surface area contributed by atoms with Crippen LogP contribution in [0.2, 0.25) is 0 Å². The van der Waals surface area contributed by atoms with E-state index < -0.39 is 0 Å². The molecule has 6 heteroatoms. The number of nitrogens with one attached hydrogen (secondary N) is 1. The lowest BCUT2D eigenvalue weighted by Crippen LogP contribution is -1.97. The predicted octanol–water partition coefficient (Wildman–Crippen LogP) is 3.89. The molecule has 3 rings (SSSR count). The van der Waals surface area contributed by atoms with Crippen molar-refractivity contribution in [3.05, 3.63) is 53.3 Å². The van der Waals surface area contributed by atoms with Gasteiger partial charge < -0.3 is 14.5 Å². The molecule has 2 aromatic carbocycles. The number of aromatic nitrogens is 3. The number of nitrogens with zero attached hydrogens (tertiary/aromatic N) is 2. The van der Waals surface area contributed by atoms with Gasteiger partial charge >= 0.3 is 0 Å². The first kappa shape index (κ1) is 15.2. The van der Waals surface area contributed by atoms with E-state index in [9.17, 15) is 0 Å². The van der Waals surface area contributed by atoms with Crippen LogP contribution in [0.3, 0.4) is 0 Å². The van der Waals surface area contributed by atoms with E-state index in [4.69, 9.17) is 21.7 Å². The standard InChI is InChI=1S/C17H15N3O2S/c1-21-13-7-3-11(4-8-13)15-16(19-20-17(23)18-15)12-5-9-14(22-2)10-6-12/h3-10H,1-2H3,(H,18,20,23). The fourth-order valence-electron chi connectivity index (χ4n) is 2.25. The molecule has 0 fully saturated rings. The Labute approximate surface area is 138 Å². The van der Waals surface area contributed by atoms with Crippen molar-refractivity contribution in [2.75, 3.05) is 14.2 Å². The number of rotatable bonds is 4. The average molecular weight is 325 g/mol. The maximum Gasteiger partial charge on any atom is 0.218 e. The van der Waals surface area contributed by atoms with Gasteiger partial charge in [-0.15, -0.1) is 10.2 Å². The minimum absolute atomic E-state index is 0.341. The van der Waals surface area contributed by atoms with Gasteiger partial charge in [0.25, 0.3) is 0 Å². The Kier molecular flexibility index (Phi) is 4.34. The zero-order valence-corrected chi connectivity index (χ0v) is 13.6. The molecule has 3 aromatic rings. The van der Waals surface area contributed by atoms with Gasteiger partial charge in [0, 0.05) is 11.1 Å². The maximum atomic E-state index is 5.20. The highest BCUT2D eigenvalue weighted by Crippen LogP contribution is 2.30. The summed E-state index contributed by atoms with van der Waals surface area (Å²) in [5, 5.41) is 8.24. The van der Waals surface area contributed by atoms with Crippen LogP contribution in [-0.4, -0.2) is 29.4 Å². The van der Waals surface area contributed by atoms with Gasteiger partial charge in [0.1, 0.15) is 17.2 Å². The molecular formula is C17H15N3O2S. The Hall–Kier alpha value is -2.73.